The summed E-state index contributed by atoms with van der Waals surface area (Å²) in [5, 5.41) is 2.71. The molecular formula is C15H23FN2O3. The molecule has 0 aliphatic carbocycles. The van der Waals surface area contributed by atoms with Crippen LogP contribution in [0, 0.1) is 5.82 Å². The maximum absolute atomic E-state index is 13.7. The Balaban J connectivity index is 2.65. The number of amides is 1. The zero-order valence-electron chi connectivity index (χ0n) is 12.7. The number of carbonyl (C=O) groups excluding carboxylic acids is 1. The number of nitrogens with one attached hydrogen (secondary N) is 1. The predicted octanol–water partition coefficient (Wildman–Crippen LogP) is 1.46. The smallest absolute Gasteiger partial charge is 0.251 e. The summed E-state index contributed by atoms with van der Waals surface area (Å²) in [6.45, 7) is 4.86. The third-order valence-electron chi connectivity index (χ3n) is 2.70. The quantitative estimate of drug-likeness (QED) is 0.713. The van der Waals surface area contributed by atoms with Gasteiger partial charge in [-0.15, -0.1) is 0 Å². The summed E-state index contributed by atoms with van der Waals surface area (Å²) in [5.41, 5.74) is 6.02. The van der Waals surface area contributed by atoms with Gasteiger partial charge in [-0.3, -0.25) is 4.79 Å². The molecule has 0 fully saturated rings. The number of ether oxygens (including phenoxy) is 2. The highest BCUT2D eigenvalue weighted by molar-refractivity contribution is 5.94. The van der Waals surface area contributed by atoms with E-state index in [0.717, 1.165) is 0 Å². The summed E-state index contributed by atoms with van der Waals surface area (Å²) in [6, 6.07) is 4.19. The Morgan fingerprint density at radius 1 is 1.38 bits per heavy atom. The van der Waals surface area contributed by atoms with Crippen molar-refractivity contribution in [1.29, 1.82) is 0 Å². The Hall–Kier alpha value is -1.50. The van der Waals surface area contributed by atoms with Gasteiger partial charge in [0.05, 0.1) is 19.8 Å². The van der Waals surface area contributed by atoms with Gasteiger partial charge in [-0.1, -0.05) is 0 Å². The molecule has 0 atom stereocenters. The van der Waals surface area contributed by atoms with E-state index in [1.807, 2.05) is 13.8 Å². The first kappa shape index (κ1) is 17.6. The molecule has 1 aromatic carbocycles. The van der Waals surface area contributed by atoms with Gasteiger partial charge in [0.25, 0.3) is 5.91 Å². The van der Waals surface area contributed by atoms with Crippen molar-refractivity contribution >= 4 is 5.91 Å². The van der Waals surface area contributed by atoms with Crippen molar-refractivity contribution in [3.63, 3.8) is 0 Å². The first-order valence-electron chi connectivity index (χ1n) is 6.75. The molecule has 118 valence electrons. The van der Waals surface area contributed by atoms with Crippen molar-refractivity contribution in [2.75, 3.05) is 26.9 Å². The second-order valence-electron chi connectivity index (χ2n) is 5.52. The fourth-order valence-electron chi connectivity index (χ4n) is 1.56. The van der Waals surface area contributed by atoms with Crippen molar-refractivity contribution in [1.82, 2.24) is 5.32 Å². The van der Waals surface area contributed by atoms with Crippen LogP contribution in [0.3, 0.4) is 0 Å². The summed E-state index contributed by atoms with van der Waals surface area (Å²) in [5.74, 6) is -0.685. The zero-order valence-corrected chi connectivity index (χ0v) is 12.7. The van der Waals surface area contributed by atoms with Crippen LogP contribution in [-0.2, 0) is 16.1 Å². The van der Waals surface area contributed by atoms with Crippen LogP contribution in [0.5, 0.6) is 0 Å². The van der Waals surface area contributed by atoms with Crippen LogP contribution in [0.1, 0.15) is 29.8 Å². The maximum Gasteiger partial charge on any atom is 0.251 e. The van der Waals surface area contributed by atoms with E-state index in [4.69, 9.17) is 15.2 Å². The molecule has 0 aromatic heterocycles. The second-order valence-corrected chi connectivity index (χ2v) is 5.52. The Bertz CT molecular complexity index is 472. The molecule has 0 unspecified atom stereocenters. The molecular weight excluding hydrogens is 275 g/mol. The summed E-state index contributed by atoms with van der Waals surface area (Å²) in [7, 11) is 1.56. The molecule has 1 amide bonds. The first-order valence-corrected chi connectivity index (χ1v) is 6.75. The van der Waals surface area contributed by atoms with E-state index >= 15 is 0 Å². The molecule has 6 heteroatoms. The van der Waals surface area contributed by atoms with Gasteiger partial charge in [-0.05, 0) is 32.0 Å². The van der Waals surface area contributed by atoms with Gasteiger partial charge in [0.15, 0.2) is 0 Å². The van der Waals surface area contributed by atoms with Gasteiger partial charge in [0, 0.05) is 30.3 Å². The number of benzene rings is 1. The Kier molecular flexibility index (Phi) is 6.74. The van der Waals surface area contributed by atoms with E-state index in [9.17, 15) is 9.18 Å². The van der Waals surface area contributed by atoms with E-state index in [0.29, 0.717) is 30.9 Å². The molecule has 21 heavy (non-hydrogen) atoms. The molecule has 1 rings (SSSR count). The lowest BCUT2D eigenvalue weighted by Gasteiger charge is -2.19. The average Bonchev–Trinajstić information content (AvgIpc) is 2.42. The van der Waals surface area contributed by atoms with Crippen LogP contribution in [0.25, 0.3) is 0 Å². The summed E-state index contributed by atoms with van der Waals surface area (Å²) in [6.07, 6.45) is 0. The van der Waals surface area contributed by atoms with E-state index in [1.165, 1.54) is 18.2 Å². The minimum atomic E-state index is -0.498. The van der Waals surface area contributed by atoms with Crippen molar-refractivity contribution in [3.05, 3.63) is 35.1 Å². The van der Waals surface area contributed by atoms with Crippen LogP contribution in [0.4, 0.5) is 4.39 Å². The number of hydrogen-bond donors (Lipinski definition) is 2. The molecule has 0 spiro atoms. The first-order chi connectivity index (χ1) is 9.83. The van der Waals surface area contributed by atoms with Crippen LogP contribution in [0.2, 0.25) is 0 Å². The number of halogens is 1. The van der Waals surface area contributed by atoms with E-state index in [-0.39, 0.29) is 12.5 Å². The summed E-state index contributed by atoms with van der Waals surface area (Å²) >= 11 is 0. The van der Waals surface area contributed by atoms with Gasteiger partial charge in [-0.2, -0.15) is 0 Å². The summed E-state index contributed by atoms with van der Waals surface area (Å²) < 4.78 is 23.8. The third-order valence-corrected chi connectivity index (χ3v) is 2.70. The molecule has 0 radical (unpaired) electrons. The molecule has 3 N–H and O–H groups in total. The Morgan fingerprint density at radius 2 is 2.10 bits per heavy atom. The monoisotopic (exact) mass is 298 g/mol. The van der Waals surface area contributed by atoms with Gasteiger partial charge in [0.1, 0.15) is 5.82 Å². The predicted molar refractivity (Wildman–Crippen MR) is 78.5 cm³/mol. The number of hydrogen-bond acceptors (Lipinski definition) is 4. The van der Waals surface area contributed by atoms with Crippen LogP contribution in [-0.4, -0.2) is 38.3 Å². The molecule has 0 aliphatic rings. The number of methoxy groups -OCH3 is 1. The van der Waals surface area contributed by atoms with Gasteiger partial charge >= 0.3 is 0 Å². The van der Waals surface area contributed by atoms with Crippen molar-refractivity contribution < 1.29 is 18.7 Å². The van der Waals surface area contributed by atoms with Crippen molar-refractivity contribution in [3.8, 4) is 0 Å². The lowest BCUT2D eigenvalue weighted by molar-refractivity contribution is 0.0604. The lowest BCUT2D eigenvalue weighted by atomic mass is 10.1. The molecule has 0 saturated carbocycles. The van der Waals surface area contributed by atoms with Gasteiger partial charge in [0.2, 0.25) is 0 Å². The Morgan fingerprint density at radius 3 is 2.71 bits per heavy atom. The fourth-order valence-corrected chi connectivity index (χ4v) is 1.56. The average molecular weight is 298 g/mol. The van der Waals surface area contributed by atoms with E-state index in [2.05, 4.69) is 5.32 Å². The second kappa shape index (κ2) is 8.07. The SMILES string of the molecule is COCCOCc1cc(C(=O)NCC(C)(C)N)ccc1F. The van der Waals surface area contributed by atoms with Crippen LogP contribution < -0.4 is 11.1 Å². The minimum absolute atomic E-state index is 0.0959. The number of carbonyl (C=O) groups is 1. The molecule has 5 nitrogen and oxygen atoms in total. The van der Waals surface area contributed by atoms with E-state index in [1.54, 1.807) is 7.11 Å². The highest BCUT2D eigenvalue weighted by Crippen LogP contribution is 2.12. The Labute approximate surface area is 124 Å². The molecule has 0 aliphatic heterocycles. The molecule has 0 saturated heterocycles. The lowest BCUT2D eigenvalue weighted by Crippen LogP contribution is -2.45. The number of nitrogens with two attached hydrogens (primary N) is 1. The number of rotatable bonds is 8. The molecule has 0 heterocycles. The molecule has 1 aromatic rings. The van der Waals surface area contributed by atoms with E-state index < -0.39 is 11.4 Å². The normalized spacial score (nSPS) is 11.5. The highest BCUT2D eigenvalue weighted by Gasteiger charge is 2.14. The third kappa shape index (κ3) is 6.66. The zero-order chi connectivity index (χ0) is 15.9. The van der Waals surface area contributed by atoms with Gasteiger partial charge < -0.3 is 20.5 Å². The topological polar surface area (TPSA) is 73.6 Å². The maximum atomic E-state index is 13.7. The summed E-state index contributed by atoms with van der Waals surface area (Å²) in [4.78, 5) is 12.0. The van der Waals surface area contributed by atoms with Crippen LogP contribution >= 0.6 is 0 Å². The van der Waals surface area contributed by atoms with Gasteiger partial charge in [-0.25, -0.2) is 4.39 Å². The largest absolute Gasteiger partial charge is 0.382 e. The van der Waals surface area contributed by atoms with Crippen molar-refractivity contribution in [2.24, 2.45) is 5.73 Å². The van der Waals surface area contributed by atoms with Crippen LogP contribution in [0.15, 0.2) is 18.2 Å². The standard InChI is InChI=1S/C15H23FN2O3/c1-15(2,17)10-18-14(19)11-4-5-13(16)12(8-11)9-21-7-6-20-3/h4-5,8H,6-7,9-10,17H2,1-3H3,(H,18,19). The fraction of sp³-hybridized carbons (Fsp3) is 0.533. The highest BCUT2D eigenvalue weighted by atomic mass is 19.1. The van der Waals surface area contributed by atoms with Crippen molar-refractivity contribution in [2.45, 2.75) is 26.0 Å². The molecule has 0 bridgehead atoms. The minimum Gasteiger partial charge on any atom is -0.382 e.